The van der Waals surface area contributed by atoms with Crippen molar-refractivity contribution in [3.05, 3.63) is 47.8 Å². The van der Waals surface area contributed by atoms with Gasteiger partial charge in [0.05, 0.1) is 12.3 Å². The summed E-state index contributed by atoms with van der Waals surface area (Å²) >= 11 is 0. The number of likely N-dealkylation sites (tertiary alicyclic amines) is 1. The molecule has 3 heterocycles. The van der Waals surface area contributed by atoms with Gasteiger partial charge in [0.25, 0.3) is 0 Å². The van der Waals surface area contributed by atoms with Gasteiger partial charge >= 0.3 is 0 Å². The van der Waals surface area contributed by atoms with E-state index in [4.69, 9.17) is 8.83 Å². The van der Waals surface area contributed by atoms with Crippen LogP contribution in [0.5, 0.6) is 0 Å². The molecule has 1 aliphatic carbocycles. The van der Waals surface area contributed by atoms with Crippen molar-refractivity contribution in [2.45, 2.75) is 38.1 Å². The Morgan fingerprint density at radius 1 is 1.33 bits per heavy atom. The molecule has 4 rings (SSSR count). The van der Waals surface area contributed by atoms with Crippen LogP contribution in [0.25, 0.3) is 0 Å². The number of amides is 1. The minimum Gasteiger partial charge on any atom is -0.469 e. The predicted octanol–water partition coefficient (Wildman–Crippen LogP) is 3.24. The van der Waals surface area contributed by atoms with E-state index in [2.05, 4.69) is 10.2 Å². The van der Waals surface area contributed by atoms with E-state index in [1.807, 2.05) is 31.2 Å². The molecule has 2 aromatic rings. The third kappa shape index (κ3) is 3.13. The zero-order valence-corrected chi connectivity index (χ0v) is 14.0. The molecule has 2 aliphatic rings. The molecule has 128 valence electrons. The van der Waals surface area contributed by atoms with E-state index >= 15 is 0 Å². The van der Waals surface area contributed by atoms with Crippen molar-refractivity contribution in [3.63, 3.8) is 0 Å². The lowest BCUT2D eigenvalue weighted by atomic mass is 10.2. The second-order valence-corrected chi connectivity index (χ2v) is 6.92. The van der Waals surface area contributed by atoms with Crippen molar-refractivity contribution < 1.29 is 13.6 Å². The molecule has 1 amide bonds. The lowest BCUT2D eigenvalue weighted by molar-refractivity contribution is -0.122. The summed E-state index contributed by atoms with van der Waals surface area (Å²) in [5.41, 5.74) is 0. The van der Waals surface area contributed by atoms with Crippen LogP contribution in [0, 0.1) is 12.8 Å². The number of rotatable bonds is 6. The highest BCUT2D eigenvalue weighted by atomic mass is 16.3. The molecule has 2 fully saturated rings. The minimum atomic E-state index is 0.0497. The number of carbonyl (C=O) groups excluding carboxylic acids is 1. The Morgan fingerprint density at radius 2 is 2.17 bits per heavy atom. The third-order valence-electron chi connectivity index (χ3n) is 5.18. The van der Waals surface area contributed by atoms with E-state index in [-0.39, 0.29) is 23.8 Å². The van der Waals surface area contributed by atoms with Gasteiger partial charge in [-0.1, -0.05) is 0 Å². The third-order valence-corrected chi connectivity index (χ3v) is 5.18. The first kappa shape index (κ1) is 15.5. The Kier molecular flexibility index (Phi) is 4.19. The molecule has 5 heteroatoms. The Hall–Kier alpha value is -2.01. The highest BCUT2D eigenvalue weighted by molar-refractivity contribution is 5.82. The van der Waals surface area contributed by atoms with Crippen LogP contribution in [0.15, 0.2) is 39.4 Å². The fourth-order valence-electron chi connectivity index (χ4n) is 3.73. The Morgan fingerprint density at radius 3 is 2.83 bits per heavy atom. The standard InChI is InChI=1S/C19H24N2O3/c1-13-6-7-18(24-13)16(21-8-2-3-9-21)12-20-19(22)15-11-14(15)17-5-4-10-23-17/h4-7,10,14-16H,2-3,8-9,11-12H2,1H3,(H,20,22)/t14-,15-,16+/m0/s1. The first-order valence-electron chi connectivity index (χ1n) is 8.84. The lowest BCUT2D eigenvalue weighted by Gasteiger charge is -2.26. The monoisotopic (exact) mass is 328 g/mol. The van der Waals surface area contributed by atoms with Gasteiger partial charge in [-0.2, -0.15) is 0 Å². The van der Waals surface area contributed by atoms with Crippen molar-refractivity contribution in [1.29, 1.82) is 0 Å². The number of hydrogen-bond acceptors (Lipinski definition) is 4. The molecule has 24 heavy (non-hydrogen) atoms. The molecular formula is C19H24N2O3. The van der Waals surface area contributed by atoms with Gasteiger partial charge in [-0.15, -0.1) is 0 Å². The fraction of sp³-hybridized carbons (Fsp3) is 0.526. The molecule has 0 aromatic carbocycles. The van der Waals surface area contributed by atoms with E-state index in [0.717, 1.165) is 36.8 Å². The molecule has 2 aromatic heterocycles. The molecule has 1 saturated carbocycles. The zero-order valence-electron chi connectivity index (χ0n) is 14.0. The van der Waals surface area contributed by atoms with Gasteiger partial charge in [-0.3, -0.25) is 9.69 Å². The Labute approximate surface area is 142 Å². The van der Waals surface area contributed by atoms with Crippen LogP contribution in [0.1, 0.15) is 48.5 Å². The maximum Gasteiger partial charge on any atom is 0.223 e. The van der Waals surface area contributed by atoms with Crippen molar-refractivity contribution in [1.82, 2.24) is 10.2 Å². The van der Waals surface area contributed by atoms with Gasteiger partial charge in [0.2, 0.25) is 5.91 Å². The smallest absolute Gasteiger partial charge is 0.223 e. The molecule has 0 unspecified atom stereocenters. The SMILES string of the molecule is Cc1ccc([C@@H](CNC(=O)[C@H]2C[C@@H]2c2ccco2)N2CCCC2)o1. The molecule has 1 aliphatic heterocycles. The topological polar surface area (TPSA) is 58.6 Å². The van der Waals surface area contributed by atoms with Crippen molar-refractivity contribution in [3.8, 4) is 0 Å². The van der Waals surface area contributed by atoms with Crippen LogP contribution >= 0.6 is 0 Å². The average Bonchev–Trinajstić information content (AvgIpc) is 3.03. The molecule has 0 radical (unpaired) electrons. The minimum absolute atomic E-state index is 0.0497. The van der Waals surface area contributed by atoms with Crippen LogP contribution in [0.4, 0.5) is 0 Å². The van der Waals surface area contributed by atoms with Gasteiger partial charge in [-0.05, 0) is 63.5 Å². The Balaban J connectivity index is 1.37. The van der Waals surface area contributed by atoms with Crippen LogP contribution in [0.2, 0.25) is 0 Å². The van der Waals surface area contributed by atoms with E-state index < -0.39 is 0 Å². The van der Waals surface area contributed by atoms with E-state index in [9.17, 15) is 4.79 Å². The number of nitrogens with zero attached hydrogens (tertiary/aromatic N) is 1. The maximum absolute atomic E-state index is 12.5. The summed E-state index contributed by atoms with van der Waals surface area (Å²) < 4.78 is 11.3. The van der Waals surface area contributed by atoms with E-state index in [0.29, 0.717) is 6.54 Å². The van der Waals surface area contributed by atoms with Gasteiger partial charge in [0, 0.05) is 18.4 Å². The van der Waals surface area contributed by atoms with Gasteiger partial charge < -0.3 is 14.2 Å². The first-order chi connectivity index (χ1) is 11.7. The highest BCUT2D eigenvalue weighted by Crippen LogP contribution is 2.47. The molecule has 3 atom stereocenters. The highest BCUT2D eigenvalue weighted by Gasteiger charge is 2.46. The summed E-state index contributed by atoms with van der Waals surface area (Å²) in [4.78, 5) is 14.9. The van der Waals surface area contributed by atoms with Crippen LogP contribution in [-0.2, 0) is 4.79 Å². The second kappa shape index (κ2) is 6.48. The molecule has 1 N–H and O–H groups in total. The summed E-state index contributed by atoms with van der Waals surface area (Å²) in [7, 11) is 0. The molecule has 0 bridgehead atoms. The summed E-state index contributed by atoms with van der Waals surface area (Å²) in [6.45, 7) is 4.70. The quantitative estimate of drug-likeness (QED) is 0.884. The van der Waals surface area contributed by atoms with Crippen LogP contribution in [0.3, 0.4) is 0 Å². The van der Waals surface area contributed by atoms with E-state index in [1.54, 1.807) is 6.26 Å². The van der Waals surface area contributed by atoms with Gasteiger partial charge in [-0.25, -0.2) is 0 Å². The molecular weight excluding hydrogens is 304 g/mol. The van der Waals surface area contributed by atoms with E-state index in [1.165, 1.54) is 12.8 Å². The first-order valence-corrected chi connectivity index (χ1v) is 8.84. The molecule has 5 nitrogen and oxygen atoms in total. The normalized spacial score (nSPS) is 24.9. The maximum atomic E-state index is 12.5. The number of nitrogens with one attached hydrogen (secondary N) is 1. The predicted molar refractivity (Wildman–Crippen MR) is 89.6 cm³/mol. The second-order valence-electron chi connectivity index (χ2n) is 6.92. The average molecular weight is 328 g/mol. The van der Waals surface area contributed by atoms with Gasteiger partial charge in [0.15, 0.2) is 0 Å². The van der Waals surface area contributed by atoms with Crippen molar-refractivity contribution in [2.75, 3.05) is 19.6 Å². The fourth-order valence-corrected chi connectivity index (χ4v) is 3.73. The summed E-state index contributed by atoms with van der Waals surface area (Å²) in [5.74, 6) is 3.22. The number of hydrogen-bond donors (Lipinski definition) is 1. The van der Waals surface area contributed by atoms with Crippen molar-refractivity contribution >= 4 is 5.91 Å². The summed E-state index contributed by atoms with van der Waals surface area (Å²) in [6, 6.07) is 7.99. The lowest BCUT2D eigenvalue weighted by Crippen LogP contribution is -2.37. The van der Waals surface area contributed by atoms with Crippen LogP contribution in [-0.4, -0.2) is 30.4 Å². The molecule has 0 spiro atoms. The summed E-state index contributed by atoms with van der Waals surface area (Å²) in [5, 5.41) is 3.14. The number of aryl methyl sites for hydroxylation is 1. The number of furan rings is 2. The molecule has 1 saturated heterocycles. The van der Waals surface area contributed by atoms with Crippen LogP contribution < -0.4 is 5.32 Å². The largest absolute Gasteiger partial charge is 0.469 e. The van der Waals surface area contributed by atoms with Gasteiger partial charge in [0.1, 0.15) is 17.3 Å². The number of carbonyl (C=O) groups is 1. The Bertz CT molecular complexity index is 685. The zero-order chi connectivity index (χ0) is 16.5. The summed E-state index contributed by atoms with van der Waals surface area (Å²) in [6.07, 6.45) is 4.99. The van der Waals surface area contributed by atoms with Crippen molar-refractivity contribution in [2.24, 2.45) is 5.92 Å².